The van der Waals surface area contributed by atoms with Crippen LogP contribution in [0.1, 0.15) is 35.1 Å². The molecule has 0 bridgehead atoms. The van der Waals surface area contributed by atoms with Gasteiger partial charge in [0.05, 0.1) is 0 Å². The Morgan fingerprint density at radius 3 is 2.28 bits per heavy atom. The minimum Gasteiger partial charge on any atom is -0.295 e. The Kier molecular flexibility index (Phi) is 2.27. The van der Waals surface area contributed by atoms with Gasteiger partial charge in [0.1, 0.15) is 0 Å². The number of hydrogen-bond acceptors (Lipinski definition) is 1. The summed E-state index contributed by atoms with van der Waals surface area (Å²) in [6.45, 7) is 2.45. The molecule has 2 aromatic carbocycles. The Labute approximate surface area is 108 Å². The van der Waals surface area contributed by atoms with Gasteiger partial charge in [0.25, 0.3) is 0 Å². The van der Waals surface area contributed by atoms with E-state index in [4.69, 9.17) is 0 Å². The quantitative estimate of drug-likeness (QED) is 0.730. The van der Waals surface area contributed by atoms with Crippen molar-refractivity contribution in [2.75, 3.05) is 13.1 Å². The van der Waals surface area contributed by atoms with Gasteiger partial charge in [-0.15, -0.1) is 0 Å². The van der Waals surface area contributed by atoms with Crippen molar-refractivity contribution in [1.29, 1.82) is 0 Å². The fourth-order valence-electron chi connectivity index (χ4n) is 3.45. The Balaban J connectivity index is 1.83. The molecule has 2 heterocycles. The highest BCUT2D eigenvalue weighted by atomic mass is 15.2. The number of nitrogens with zero attached hydrogens (tertiary/aromatic N) is 1. The molecule has 0 spiro atoms. The van der Waals surface area contributed by atoms with Gasteiger partial charge in [-0.05, 0) is 23.1 Å². The molecule has 0 amide bonds. The number of rotatable bonds is 1. The fraction of sp³-hybridized carbons (Fsp3) is 0.294. The second-order valence-corrected chi connectivity index (χ2v) is 5.39. The lowest BCUT2D eigenvalue weighted by Gasteiger charge is -2.48. The van der Waals surface area contributed by atoms with Crippen molar-refractivity contribution in [2.45, 2.75) is 18.4 Å². The molecule has 0 aromatic heterocycles. The molecule has 2 aromatic rings. The second-order valence-electron chi connectivity index (χ2n) is 5.39. The van der Waals surface area contributed by atoms with Crippen LogP contribution in [0.15, 0.2) is 54.6 Å². The number of benzene rings is 2. The Morgan fingerprint density at radius 2 is 1.56 bits per heavy atom. The zero-order valence-corrected chi connectivity index (χ0v) is 10.4. The molecule has 2 aliphatic rings. The van der Waals surface area contributed by atoms with E-state index in [2.05, 4.69) is 59.5 Å². The van der Waals surface area contributed by atoms with Crippen molar-refractivity contribution in [3.8, 4) is 0 Å². The zero-order chi connectivity index (χ0) is 11.9. The third-order valence-corrected chi connectivity index (χ3v) is 4.48. The molecular formula is C17H17N. The first-order chi connectivity index (χ1) is 8.93. The van der Waals surface area contributed by atoms with Crippen LogP contribution < -0.4 is 0 Å². The molecule has 1 saturated heterocycles. The van der Waals surface area contributed by atoms with Gasteiger partial charge >= 0.3 is 0 Å². The van der Waals surface area contributed by atoms with E-state index in [-0.39, 0.29) is 0 Å². The van der Waals surface area contributed by atoms with Gasteiger partial charge in [-0.2, -0.15) is 0 Å². The van der Waals surface area contributed by atoms with Gasteiger partial charge in [0.15, 0.2) is 0 Å². The monoisotopic (exact) mass is 235 g/mol. The summed E-state index contributed by atoms with van der Waals surface area (Å²) in [6, 6.07) is 20.6. The average Bonchev–Trinajstić information content (AvgIpc) is 2.40. The first kappa shape index (κ1) is 10.3. The standard InChI is InChI=1S/C17H17N/c1-2-6-13(7-3-1)16-12-18-11-10-17(18)15-9-5-4-8-14(15)16/h1-9,16-17H,10-12H2/t16-,17+/m0/s1. The van der Waals surface area contributed by atoms with Crippen LogP contribution in [-0.2, 0) is 0 Å². The predicted molar refractivity (Wildman–Crippen MR) is 73.7 cm³/mol. The molecule has 2 atom stereocenters. The van der Waals surface area contributed by atoms with E-state index in [0.717, 1.165) is 0 Å². The predicted octanol–water partition coefficient (Wildman–Crippen LogP) is 3.58. The first-order valence-corrected chi connectivity index (χ1v) is 6.81. The van der Waals surface area contributed by atoms with Crippen LogP contribution in [0.25, 0.3) is 0 Å². The normalized spacial score (nSPS) is 26.0. The summed E-state index contributed by atoms with van der Waals surface area (Å²) >= 11 is 0. The fourth-order valence-corrected chi connectivity index (χ4v) is 3.45. The van der Waals surface area contributed by atoms with E-state index in [1.807, 2.05) is 0 Å². The van der Waals surface area contributed by atoms with Crippen molar-refractivity contribution in [3.63, 3.8) is 0 Å². The average molecular weight is 235 g/mol. The highest BCUT2D eigenvalue weighted by Crippen LogP contribution is 2.45. The van der Waals surface area contributed by atoms with E-state index < -0.39 is 0 Å². The maximum atomic E-state index is 2.62. The van der Waals surface area contributed by atoms with Gasteiger partial charge in [-0.25, -0.2) is 0 Å². The van der Waals surface area contributed by atoms with E-state index in [1.54, 1.807) is 11.1 Å². The van der Waals surface area contributed by atoms with Crippen molar-refractivity contribution in [2.24, 2.45) is 0 Å². The summed E-state index contributed by atoms with van der Waals surface area (Å²) < 4.78 is 0. The molecule has 2 aliphatic heterocycles. The smallest absolute Gasteiger partial charge is 0.0363 e. The van der Waals surface area contributed by atoms with E-state index in [9.17, 15) is 0 Å². The summed E-state index contributed by atoms with van der Waals surface area (Å²) in [4.78, 5) is 2.62. The third kappa shape index (κ3) is 1.44. The first-order valence-electron chi connectivity index (χ1n) is 6.81. The Hall–Kier alpha value is -1.60. The SMILES string of the molecule is c1ccc([C@@H]2CN3CC[C@@H]3c3ccccc32)cc1. The molecule has 1 fully saturated rings. The van der Waals surface area contributed by atoms with Gasteiger partial charge < -0.3 is 0 Å². The van der Waals surface area contributed by atoms with Crippen molar-refractivity contribution < 1.29 is 0 Å². The summed E-state index contributed by atoms with van der Waals surface area (Å²) in [5.41, 5.74) is 4.56. The molecule has 0 N–H and O–H groups in total. The van der Waals surface area contributed by atoms with Crippen molar-refractivity contribution in [1.82, 2.24) is 4.90 Å². The molecule has 1 nitrogen and oxygen atoms in total. The van der Waals surface area contributed by atoms with Gasteiger partial charge in [0, 0.05) is 25.0 Å². The minimum atomic E-state index is 0.555. The van der Waals surface area contributed by atoms with E-state index in [1.165, 1.54) is 25.1 Å². The maximum absolute atomic E-state index is 2.62. The summed E-state index contributed by atoms with van der Waals surface area (Å²) in [5.74, 6) is 0.555. The molecule has 0 radical (unpaired) electrons. The van der Waals surface area contributed by atoms with Crippen LogP contribution in [-0.4, -0.2) is 18.0 Å². The lowest BCUT2D eigenvalue weighted by atomic mass is 9.77. The maximum Gasteiger partial charge on any atom is 0.0363 e. The van der Waals surface area contributed by atoms with Crippen LogP contribution in [0, 0.1) is 0 Å². The molecule has 90 valence electrons. The van der Waals surface area contributed by atoms with Gasteiger partial charge in [0.2, 0.25) is 0 Å². The largest absolute Gasteiger partial charge is 0.295 e. The minimum absolute atomic E-state index is 0.555. The van der Waals surface area contributed by atoms with Crippen LogP contribution in [0.2, 0.25) is 0 Å². The molecular weight excluding hydrogens is 218 g/mol. The lowest BCUT2D eigenvalue weighted by Crippen LogP contribution is -2.47. The Morgan fingerprint density at radius 1 is 0.833 bits per heavy atom. The number of hydrogen-bond donors (Lipinski definition) is 0. The summed E-state index contributed by atoms with van der Waals surface area (Å²) in [6.07, 6.45) is 1.33. The zero-order valence-electron chi connectivity index (χ0n) is 10.4. The summed E-state index contributed by atoms with van der Waals surface area (Å²) in [5, 5.41) is 0. The molecule has 18 heavy (non-hydrogen) atoms. The van der Waals surface area contributed by atoms with Crippen LogP contribution in [0.4, 0.5) is 0 Å². The second kappa shape index (κ2) is 3.96. The number of fused-ring (bicyclic) bond motifs is 3. The summed E-state index contributed by atoms with van der Waals surface area (Å²) in [7, 11) is 0. The lowest BCUT2D eigenvalue weighted by molar-refractivity contribution is 0.0739. The van der Waals surface area contributed by atoms with Crippen molar-refractivity contribution in [3.05, 3.63) is 71.3 Å². The molecule has 1 heteroatoms. The third-order valence-electron chi connectivity index (χ3n) is 4.48. The van der Waals surface area contributed by atoms with Crippen LogP contribution in [0.3, 0.4) is 0 Å². The van der Waals surface area contributed by atoms with Crippen LogP contribution >= 0.6 is 0 Å². The van der Waals surface area contributed by atoms with E-state index in [0.29, 0.717) is 12.0 Å². The molecule has 4 rings (SSSR count). The molecule has 0 unspecified atom stereocenters. The molecule has 0 saturated carbocycles. The topological polar surface area (TPSA) is 3.24 Å². The van der Waals surface area contributed by atoms with Gasteiger partial charge in [-0.3, -0.25) is 4.90 Å². The highest BCUT2D eigenvalue weighted by Gasteiger charge is 2.38. The molecule has 0 aliphatic carbocycles. The van der Waals surface area contributed by atoms with Crippen LogP contribution in [0.5, 0.6) is 0 Å². The van der Waals surface area contributed by atoms with E-state index >= 15 is 0 Å². The van der Waals surface area contributed by atoms with Gasteiger partial charge in [-0.1, -0.05) is 54.6 Å². The van der Waals surface area contributed by atoms with Crippen molar-refractivity contribution >= 4 is 0 Å². The highest BCUT2D eigenvalue weighted by molar-refractivity contribution is 5.43. The Bertz CT molecular complexity index is 561.